The van der Waals surface area contributed by atoms with E-state index in [-0.39, 0.29) is 19.0 Å². The average molecular weight is 405 g/mol. The fraction of sp³-hybridized carbons (Fsp3) is 0.842. The van der Waals surface area contributed by atoms with Crippen molar-refractivity contribution < 1.29 is 27.6 Å². The molecule has 1 atom stereocenters. The molecule has 1 saturated carbocycles. The van der Waals surface area contributed by atoms with Crippen molar-refractivity contribution in [3.8, 4) is 0 Å². The zero-order valence-electron chi connectivity index (χ0n) is 16.3. The lowest BCUT2D eigenvalue weighted by molar-refractivity contribution is -0.149. The van der Waals surface area contributed by atoms with Gasteiger partial charge in [-0.1, -0.05) is 19.3 Å². The van der Waals surface area contributed by atoms with Gasteiger partial charge in [0.1, 0.15) is 0 Å². The second-order valence-corrected chi connectivity index (χ2v) is 7.97. The van der Waals surface area contributed by atoms with Crippen LogP contribution in [0.3, 0.4) is 0 Å². The average Bonchev–Trinajstić information content (AvgIpc) is 2.65. The van der Waals surface area contributed by atoms with Crippen molar-refractivity contribution in [2.45, 2.75) is 64.1 Å². The topological polar surface area (TPSA) is 78.5 Å². The van der Waals surface area contributed by atoms with E-state index in [9.17, 15) is 27.6 Å². The fourth-order valence-corrected chi connectivity index (χ4v) is 3.92. The Hall–Kier alpha value is -1.64. The number of halogens is 3. The van der Waals surface area contributed by atoms with Crippen LogP contribution in [0.5, 0.6) is 0 Å². The molecule has 1 aliphatic carbocycles. The van der Waals surface area contributed by atoms with Crippen LogP contribution in [0.2, 0.25) is 0 Å². The number of carbonyl (C=O) groups is 3. The highest BCUT2D eigenvalue weighted by Gasteiger charge is 2.34. The van der Waals surface area contributed by atoms with Crippen LogP contribution in [0, 0.1) is 11.8 Å². The normalized spacial score (nSPS) is 21.1. The van der Waals surface area contributed by atoms with Crippen LogP contribution in [0.4, 0.5) is 13.2 Å². The third-order valence-corrected chi connectivity index (χ3v) is 5.61. The zero-order chi connectivity index (χ0) is 20.7. The van der Waals surface area contributed by atoms with Crippen LogP contribution in [0.1, 0.15) is 51.9 Å². The molecule has 1 unspecified atom stereocenters. The first-order valence-electron chi connectivity index (χ1n) is 10.1. The van der Waals surface area contributed by atoms with Gasteiger partial charge in [0.25, 0.3) is 5.91 Å². The molecule has 2 aliphatic rings. The van der Waals surface area contributed by atoms with E-state index >= 15 is 0 Å². The van der Waals surface area contributed by atoms with Gasteiger partial charge in [0.2, 0.25) is 11.7 Å². The van der Waals surface area contributed by atoms with E-state index in [1.165, 1.54) is 18.2 Å². The Bertz CT molecular complexity index is 554. The predicted molar refractivity (Wildman–Crippen MR) is 97.4 cm³/mol. The summed E-state index contributed by atoms with van der Waals surface area (Å²) < 4.78 is 37.3. The first-order chi connectivity index (χ1) is 13.2. The van der Waals surface area contributed by atoms with Crippen LogP contribution in [0.25, 0.3) is 0 Å². The maximum absolute atomic E-state index is 12.4. The molecule has 28 heavy (non-hydrogen) atoms. The number of nitrogens with zero attached hydrogens (tertiary/aromatic N) is 1. The number of hydrogen-bond donors (Lipinski definition) is 2. The fourth-order valence-electron chi connectivity index (χ4n) is 3.92. The van der Waals surface area contributed by atoms with Gasteiger partial charge in [0.15, 0.2) is 0 Å². The predicted octanol–water partition coefficient (Wildman–Crippen LogP) is 2.03. The van der Waals surface area contributed by atoms with Gasteiger partial charge in [-0.25, -0.2) is 0 Å². The van der Waals surface area contributed by atoms with Crippen LogP contribution in [0.15, 0.2) is 0 Å². The lowest BCUT2D eigenvalue weighted by Gasteiger charge is -2.32. The molecule has 1 aliphatic heterocycles. The number of rotatable bonds is 7. The molecule has 0 aromatic rings. The first-order valence-corrected chi connectivity index (χ1v) is 10.1. The summed E-state index contributed by atoms with van der Waals surface area (Å²) >= 11 is 0. The number of amides is 2. The Balaban J connectivity index is 1.70. The number of nitrogens with one attached hydrogen (secondary N) is 2. The molecule has 0 aromatic carbocycles. The number of ketones is 1. The Morgan fingerprint density at radius 3 is 2.21 bits per heavy atom. The van der Waals surface area contributed by atoms with Gasteiger partial charge in [0, 0.05) is 12.5 Å². The summed E-state index contributed by atoms with van der Waals surface area (Å²) in [7, 11) is 0. The van der Waals surface area contributed by atoms with E-state index in [1.807, 2.05) is 0 Å². The maximum Gasteiger partial charge on any atom is 0.401 e. The SMILES string of the molecule is CC(NC(=O)C1CCN(CC(F)(F)F)CC1)C(=O)C(=O)NCC1CCCCC1. The van der Waals surface area contributed by atoms with Crippen molar-refractivity contribution in [1.29, 1.82) is 0 Å². The second kappa shape index (κ2) is 10.2. The number of piperidine rings is 1. The van der Waals surface area contributed by atoms with E-state index in [0.29, 0.717) is 25.3 Å². The van der Waals surface area contributed by atoms with E-state index in [0.717, 1.165) is 25.7 Å². The molecule has 0 radical (unpaired) electrons. The summed E-state index contributed by atoms with van der Waals surface area (Å²) in [5.41, 5.74) is 0. The van der Waals surface area contributed by atoms with Crippen molar-refractivity contribution in [2.75, 3.05) is 26.2 Å². The Labute approximate surface area is 163 Å². The Morgan fingerprint density at radius 1 is 1.04 bits per heavy atom. The summed E-state index contributed by atoms with van der Waals surface area (Å²) in [6.45, 7) is 1.32. The van der Waals surface area contributed by atoms with Gasteiger partial charge in [0.05, 0.1) is 12.6 Å². The van der Waals surface area contributed by atoms with Crippen LogP contribution in [-0.2, 0) is 14.4 Å². The molecule has 2 fully saturated rings. The molecule has 0 aromatic heterocycles. The molecule has 9 heteroatoms. The molecule has 1 heterocycles. The van der Waals surface area contributed by atoms with Gasteiger partial charge in [-0.05, 0) is 51.6 Å². The third-order valence-electron chi connectivity index (χ3n) is 5.61. The molecule has 2 rings (SSSR count). The van der Waals surface area contributed by atoms with Gasteiger partial charge in [-0.2, -0.15) is 13.2 Å². The van der Waals surface area contributed by atoms with E-state index in [2.05, 4.69) is 10.6 Å². The summed E-state index contributed by atoms with van der Waals surface area (Å²) in [6.07, 6.45) is 1.95. The van der Waals surface area contributed by atoms with Gasteiger partial charge in [-0.3, -0.25) is 19.3 Å². The molecule has 160 valence electrons. The van der Waals surface area contributed by atoms with E-state index in [4.69, 9.17) is 0 Å². The summed E-state index contributed by atoms with van der Waals surface area (Å²) in [5, 5.41) is 5.20. The smallest absolute Gasteiger partial charge is 0.349 e. The van der Waals surface area contributed by atoms with Crippen molar-refractivity contribution in [3.63, 3.8) is 0 Å². The summed E-state index contributed by atoms with van der Waals surface area (Å²) in [4.78, 5) is 37.8. The zero-order valence-corrected chi connectivity index (χ0v) is 16.3. The van der Waals surface area contributed by atoms with Crippen LogP contribution < -0.4 is 10.6 Å². The molecular weight excluding hydrogens is 375 g/mol. The molecule has 6 nitrogen and oxygen atoms in total. The monoisotopic (exact) mass is 405 g/mol. The van der Waals surface area contributed by atoms with Gasteiger partial charge >= 0.3 is 6.18 Å². The van der Waals surface area contributed by atoms with Crippen LogP contribution >= 0.6 is 0 Å². The minimum absolute atomic E-state index is 0.182. The molecule has 1 saturated heterocycles. The number of likely N-dealkylation sites (tertiary alicyclic amines) is 1. The van der Waals surface area contributed by atoms with Crippen molar-refractivity contribution in [1.82, 2.24) is 15.5 Å². The number of alkyl halides is 3. The minimum Gasteiger partial charge on any atom is -0.349 e. The maximum atomic E-state index is 12.4. The Morgan fingerprint density at radius 2 is 1.64 bits per heavy atom. The van der Waals surface area contributed by atoms with Gasteiger partial charge in [-0.15, -0.1) is 0 Å². The Kier molecular flexibility index (Phi) is 8.27. The van der Waals surface area contributed by atoms with Crippen LogP contribution in [-0.4, -0.2) is 60.9 Å². The molecule has 0 bridgehead atoms. The van der Waals surface area contributed by atoms with Crippen molar-refractivity contribution >= 4 is 17.6 Å². The highest BCUT2D eigenvalue weighted by Crippen LogP contribution is 2.23. The van der Waals surface area contributed by atoms with E-state index in [1.54, 1.807) is 0 Å². The largest absolute Gasteiger partial charge is 0.401 e. The minimum atomic E-state index is -4.25. The highest BCUT2D eigenvalue weighted by molar-refractivity contribution is 6.38. The highest BCUT2D eigenvalue weighted by atomic mass is 19.4. The quantitative estimate of drug-likeness (QED) is 0.636. The van der Waals surface area contributed by atoms with E-state index < -0.39 is 36.4 Å². The lowest BCUT2D eigenvalue weighted by Crippen LogP contribution is -2.50. The summed E-state index contributed by atoms with van der Waals surface area (Å²) in [5.74, 6) is -1.81. The molecule has 0 spiro atoms. The second-order valence-electron chi connectivity index (χ2n) is 7.97. The molecule has 2 N–H and O–H groups in total. The number of carbonyl (C=O) groups excluding carboxylic acids is 3. The standard InChI is InChI=1S/C19H30F3N3O3/c1-13(16(26)18(28)23-11-14-5-3-2-4-6-14)24-17(27)15-7-9-25(10-8-15)12-19(20,21)22/h13-15H,2-12H2,1H3,(H,23,28)(H,24,27). The number of Topliss-reactive ketones (excluding diaryl/α,β-unsaturated/α-hetero) is 1. The first kappa shape index (κ1) is 22.6. The number of hydrogen-bond acceptors (Lipinski definition) is 4. The van der Waals surface area contributed by atoms with Crippen molar-refractivity contribution in [2.24, 2.45) is 11.8 Å². The molecular formula is C19H30F3N3O3. The molecule has 2 amide bonds. The lowest BCUT2D eigenvalue weighted by atomic mass is 9.89. The summed E-state index contributed by atoms with van der Waals surface area (Å²) in [6, 6.07) is -0.952. The van der Waals surface area contributed by atoms with Gasteiger partial charge < -0.3 is 10.6 Å². The third kappa shape index (κ3) is 7.41. The van der Waals surface area contributed by atoms with Crippen molar-refractivity contribution in [3.05, 3.63) is 0 Å².